The molecule has 0 spiro atoms. The zero-order valence-electron chi connectivity index (χ0n) is 13.1. The van der Waals surface area contributed by atoms with Crippen molar-refractivity contribution in [3.63, 3.8) is 0 Å². The highest BCUT2D eigenvalue weighted by atomic mass is 19.2. The van der Waals surface area contributed by atoms with Gasteiger partial charge in [-0.2, -0.15) is 0 Å². The maximum absolute atomic E-state index is 13.6. The Bertz CT molecular complexity index is 765. The smallest absolute Gasteiger partial charge is 0.261 e. The molecule has 0 saturated heterocycles. The van der Waals surface area contributed by atoms with Gasteiger partial charge in [0.25, 0.3) is 5.91 Å². The van der Waals surface area contributed by atoms with Crippen LogP contribution in [0.3, 0.4) is 0 Å². The zero-order chi connectivity index (χ0) is 18.2. The highest BCUT2D eigenvalue weighted by Crippen LogP contribution is 2.26. The van der Waals surface area contributed by atoms with E-state index in [9.17, 15) is 26.7 Å². The lowest BCUT2D eigenvalue weighted by atomic mass is 9.87. The van der Waals surface area contributed by atoms with Crippen LogP contribution in [0.5, 0.6) is 0 Å². The standard InChI is InChI=1S/C17H14F5NO/c1-17(2,3)8-4-6-9(7-5-8)23-16(24)10-11(18)13(20)15(22)14(21)12(10)19/h4-7H,1-3H3,(H,23,24). The molecule has 0 aliphatic heterocycles. The topological polar surface area (TPSA) is 29.1 Å². The Hall–Kier alpha value is -2.44. The van der Waals surface area contributed by atoms with Crippen molar-refractivity contribution in [2.75, 3.05) is 5.32 Å². The number of nitrogens with one attached hydrogen (secondary N) is 1. The van der Waals surface area contributed by atoms with Crippen molar-refractivity contribution in [1.29, 1.82) is 0 Å². The Kier molecular flexibility index (Phi) is 4.64. The fourth-order valence-electron chi connectivity index (χ4n) is 2.05. The van der Waals surface area contributed by atoms with E-state index in [1.54, 1.807) is 12.1 Å². The van der Waals surface area contributed by atoms with Crippen molar-refractivity contribution in [3.8, 4) is 0 Å². The van der Waals surface area contributed by atoms with Crippen LogP contribution in [0.25, 0.3) is 0 Å². The number of halogens is 5. The van der Waals surface area contributed by atoms with Gasteiger partial charge in [0.15, 0.2) is 23.3 Å². The molecule has 2 nitrogen and oxygen atoms in total. The van der Waals surface area contributed by atoms with Gasteiger partial charge in [-0.25, -0.2) is 22.0 Å². The Labute approximate surface area is 135 Å². The molecule has 0 saturated carbocycles. The van der Waals surface area contributed by atoms with Gasteiger partial charge in [-0.15, -0.1) is 0 Å². The first-order chi connectivity index (χ1) is 11.0. The fraction of sp³-hybridized carbons (Fsp3) is 0.235. The third-order valence-corrected chi connectivity index (χ3v) is 3.45. The van der Waals surface area contributed by atoms with E-state index in [2.05, 4.69) is 5.32 Å². The molecular weight excluding hydrogens is 329 g/mol. The van der Waals surface area contributed by atoms with Crippen molar-refractivity contribution in [2.24, 2.45) is 0 Å². The highest BCUT2D eigenvalue weighted by Gasteiger charge is 2.29. The number of hydrogen-bond donors (Lipinski definition) is 1. The van der Waals surface area contributed by atoms with Gasteiger partial charge >= 0.3 is 0 Å². The summed E-state index contributed by atoms with van der Waals surface area (Å²) in [5.74, 6) is -12.4. The van der Waals surface area contributed by atoms with Gasteiger partial charge < -0.3 is 5.32 Å². The van der Waals surface area contributed by atoms with E-state index in [0.29, 0.717) is 0 Å². The molecule has 7 heteroatoms. The van der Waals surface area contributed by atoms with Crippen molar-refractivity contribution < 1.29 is 26.7 Å². The third-order valence-electron chi connectivity index (χ3n) is 3.45. The molecule has 0 aromatic heterocycles. The summed E-state index contributed by atoms with van der Waals surface area (Å²) in [6.45, 7) is 5.90. The van der Waals surface area contributed by atoms with Crippen molar-refractivity contribution in [3.05, 3.63) is 64.5 Å². The Morgan fingerprint density at radius 2 is 1.21 bits per heavy atom. The van der Waals surface area contributed by atoms with E-state index in [1.807, 2.05) is 20.8 Å². The zero-order valence-corrected chi connectivity index (χ0v) is 13.1. The molecule has 0 atom stereocenters. The van der Waals surface area contributed by atoms with Gasteiger partial charge in [0.1, 0.15) is 5.56 Å². The van der Waals surface area contributed by atoms with Crippen molar-refractivity contribution >= 4 is 11.6 Å². The first kappa shape index (κ1) is 17.9. The number of carbonyl (C=O) groups excluding carboxylic acids is 1. The summed E-state index contributed by atoms with van der Waals surface area (Å²) < 4.78 is 66.5. The lowest BCUT2D eigenvalue weighted by molar-refractivity contribution is 0.101. The highest BCUT2D eigenvalue weighted by molar-refractivity contribution is 6.04. The molecule has 24 heavy (non-hydrogen) atoms. The van der Waals surface area contributed by atoms with Gasteiger partial charge in [0.2, 0.25) is 5.82 Å². The summed E-state index contributed by atoms with van der Waals surface area (Å²) in [6.07, 6.45) is 0. The normalized spacial score (nSPS) is 11.5. The Morgan fingerprint density at radius 1 is 0.792 bits per heavy atom. The number of carbonyl (C=O) groups is 1. The SMILES string of the molecule is CC(C)(C)c1ccc(NC(=O)c2c(F)c(F)c(F)c(F)c2F)cc1. The van der Waals surface area contributed by atoms with Crippen LogP contribution in [-0.4, -0.2) is 5.91 Å². The molecule has 0 unspecified atom stereocenters. The average molecular weight is 343 g/mol. The van der Waals surface area contributed by atoms with E-state index in [0.717, 1.165) is 5.56 Å². The van der Waals surface area contributed by atoms with Crippen molar-refractivity contribution in [1.82, 2.24) is 0 Å². The molecule has 1 N–H and O–H groups in total. The second kappa shape index (κ2) is 6.22. The van der Waals surface area contributed by atoms with Crippen LogP contribution in [0, 0.1) is 29.1 Å². The summed E-state index contributed by atoms with van der Waals surface area (Å²) in [7, 11) is 0. The summed E-state index contributed by atoms with van der Waals surface area (Å²) in [5, 5.41) is 2.12. The lowest BCUT2D eigenvalue weighted by Crippen LogP contribution is -2.19. The summed E-state index contributed by atoms with van der Waals surface area (Å²) >= 11 is 0. The largest absolute Gasteiger partial charge is 0.322 e. The van der Waals surface area contributed by atoms with Crippen LogP contribution in [0.1, 0.15) is 36.7 Å². The van der Waals surface area contributed by atoms with Gasteiger partial charge in [-0.05, 0) is 23.1 Å². The number of benzene rings is 2. The maximum atomic E-state index is 13.6. The van der Waals surface area contributed by atoms with Gasteiger partial charge in [0, 0.05) is 5.69 Å². The molecule has 0 fully saturated rings. The fourth-order valence-corrected chi connectivity index (χ4v) is 2.05. The van der Waals surface area contributed by atoms with Crippen LogP contribution in [0.4, 0.5) is 27.6 Å². The van der Waals surface area contributed by atoms with E-state index >= 15 is 0 Å². The van der Waals surface area contributed by atoms with E-state index in [1.165, 1.54) is 12.1 Å². The molecule has 1 amide bonds. The number of hydrogen-bond acceptors (Lipinski definition) is 1. The predicted molar refractivity (Wildman–Crippen MR) is 79.3 cm³/mol. The first-order valence-electron chi connectivity index (χ1n) is 6.97. The molecule has 2 aromatic carbocycles. The molecule has 0 aliphatic rings. The second-order valence-corrected chi connectivity index (χ2v) is 6.23. The quantitative estimate of drug-likeness (QED) is 0.467. The minimum absolute atomic E-state index is 0.149. The van der Waals surface area contributed by atoms with Crippen LogP contribution < -0.4 is 5.32 Å². The van der Waals surface area contributed by atoms with Crippen LogP contribution in [0.2, 0.25) is 0 Å². The monoisotopic (exact) mass is 343 g/mol. The molecule has 2 rings (SSSR count). The van der Waals surface area contributed by atoms with Gasteiger partial charge in [-0.3, -0.25) is 4.79 Å². The number of amides is 1. The van der Waals surface area contributed by atoms with Crippen LogP contribution in [-0.2, 0) is 5.41 Å². The average Bonchev–Trinajstić information content (AvgIpc) is 2.51. The predicted octanol–water partition coefficient (Wildman–Crippen LogP) is 4.93. The molecule has 2 aromatic rings. The molecular formula is C17H14F5NO. The minimum Gasteiger partial charge on any atom is -0.322 e. The summed E-state index contributed by atoms with van der Waals surface area (Å²) in [5.41, 5.74) is -0.566. The second-order valence-electron chi connectivity index (χ2n) is 6.23. The number of anilines is 1. The summed E-state index contributed by atoms with van der Waals surface area (Å²) in [6, 6.07) is 6.33. The minimum atomic E-state index is -2.31. The molecule has 0 heterocycles. The molecule has 0 aliphatic carbocycles. The Morgan fingerprint density at radius 3 is 1.62 bits per heavy atom. The van der Waals surface area contributed by atoms with Crippen molar-refractivity contribution in [2.45, 2.75) is 26.2 Å². The molecule has 128 valence electrons. The van der Waals surface area contributed by atoms with Crippen LogP contribution >= 0.6 is 0 Å². The number of rotatable bonds is 2. The van der Waals surface area contributed by atoms with E-state index in [-0.39, 0.29) is 11.1 Å². The summed E-state index contributed by atoms with van der Waals surface area (Å²) in [4.78, 5) is 11.9. The first-order valence-corrected chi connectivity index (χ1v) is 6.97. The van der Waals surface area contributed by atoms with Gasteiger partial charge in [-0.1, -0.05) is 32.9 Å². The lowest BCUT2D eigenvalue weighted by Gasteiger charge is -2.19. The molecule has 0 bridgehead atoms. The third kappa shape index (κ3) is 3.25. The maximum Gasteiger partial charge on any atom is 0.261 e. The van der Waals surface area contributed by atoms with E-state index in [4.69, 9.17) is 0 Å². The van der Waals surface area contributed by atoms with Crippen LogP contribution in [0.15, 0.2) is 24.3 Å². The molecule has 0 radical (unpaired) electrons. The Balaban J connectivity index is 2.34. The van der Waals surface area contributed by atoms with Gasteiger partial charge in [0.05, 0.1) is 0 Å². The van der Waals surface area contributed by atoms with E-state index < -0.39 is 40.6 Å².